The lowest BCUT2D eigenvalue weighted by Crippen LogP contribution is -2.22. The second-order valence-electron chi connectivity index (χ2n) is 5.45. The van der Waals surface area contributed by atoms with Gasteiger partial charge in [0, 0.05) is 15.9 Å². The minimum atomic E-state index is -0.806. The Morgan fingerprint density at radius 2 is 1.80 bits per heavy atom. The second-order valence-corrected chi connectivity index (χ2v) is 5.86. The van der Waals surface area contributed by atoms with Crippen LogP contribution in [-0.2, 0) is 6.61 Å². The van der Waals surface area contributed by atoms with E-state index in [9.17, 15) is 14.7 Å². The Bertz CT molecular complexity index is 997. The standard InChI is InChI=1S/C17H15ClN4O3/c18-12-4-2-8(5-10(12)7-23)9-1-3-11-13(6-9)21-16(22-17(20)25)14(11)15(19)24/h1-6,21,23H,7H2,(H2,19,24)(H3,20,22,25). The van der Waals surface area contributed by atoms with Gasteiger partial charge in [0.05, 0.1) is 12.2 Å². The summed E-state index contributed by atoms with van der Waals surface area (Å²) in [7, 11) is 0. The molecule has 0 saturated carbocycles. The highest BCUT2D eigenvalue weighted by Crippen LogP contribution is 2.31. The fourth-order valence-electron chi connectivity index (χ4n) is 2.73. The summed E-state index contributed by atoms with van der Waals surface area (Å²) in [6.07, 6.45) is 0. The van der Waals surface area contributed by atoms with Gasteiger partial charge in [0.2, 0.25) is 0 Å². The summed E-state index contributed by atoms with van der Waals surface area (Å²) >= 11 is 6.02. The van der Waals surface area contributed by atoms with E-state index in [4.69, 9.17) is 23.1 Å². The molecule has 7 nitrogen and oxygen atoms in total. The van der Waals surface area contributed by atoms with E-state index in [-0.39, 0.29) is 18.0 Å². The van der Waals surface area contributed by atoms with Gasteiger partial charge in [-0.3, -0.25) is 10.1 Å². The van der Waals surface area contributed by atoms with E-state index in [1.54, 1.807) is 30.3 Å². The molecule has 128 valence electrons. The Morgan fingerprint density at radius 3 is 2.44 bits per heavy atom. The third-order valence-electron chi connectivity index (χ3n) is 3.84. The number of benzene rings is 2. The Hall–Kier alpha value is -3.03. The number of fused-ring (bicyclic) bond motifs is 1. The lowest BCUT2D eigenvalue weighted by molar-refractivity contribution is 0.100. The van der Waals surface area contributed by atoms with E-state index in [0.717, 1.165) is 11.1 Å². The number of nitrogens with two attached hydrogens (primary N) is 2. The Kier molecular flexibility index (Phi) is 4.35. The lowest BCUT2D eigenvalue weighted by Gasteiger charge is -2.06. The number of hydrogen-bond donors (Lipinski definition) is 5. The molecule has 3 aromatic rings. The number of aliphatic hydroxyl groups is 1. The van der Waals surface area contributed by atoms with E-state index >= 15 is 0 Å². The van der Waals surface area contributed by atoms with Gasteiger partial charge < -0.3 is 21.6 Å². The Labute approximate surface area is 147 Å². The smallest absolute Gasteiger partial charge is 0.317 e. The predicted molar refractivity (Wildman–Crippen MR) is 96.4 cm³/mol. The van der Waals surface area contributed by atoms with Crippen LogP contribution >= 0.6 is 11.6 Å². The molecule has 0 spiro atoms. The van der Waals surface area contributed by atoms with E-state index in [1.165, 1.54) is 0 Å². The maximum atomic E-state index is 11.7. The normalized spacial score (nSPS) is 10.8. The van der Waals surface area contributed by atoms with Crippen molar-refractivity contribution in [2.45, 2.75) is 6.61 Å². The molecule has 3 amide bonds. The fourth-order valence-corrected chi connectivity index (χ4v) is 2.90. The zero-order valence-corrected chi connectivity index (χ0v) is 13.7. The zero-order chi connectivity index (χ0) is 18.1. The third-order valence-corrected chi connectivity index (χ3v) is 4.21. The van der Waals surface area contributed by atoms with Gasteiger partial charge in [0.25, 0.3) is 5.91 Å². The molecule has 0 unspecified atom stereocenters. The number of amides is 3. The molecule has 25 heavy (non-hydrogen) atoms. The second kappa shape index (κ2) is 6.46. The van der Waals surface area contributed by atoms with Crippen LogP contribution in [0.1, 0.15) is 15.9 Å². The van der Waals surface area contributed by atoms with Gasteiger partial charge in [-0.15, -0.1) is 0 Å². The molecule has 1 aromatic heterocycles. The number of carbonyl (C=O) groups excluding carboxylic acids is 2. The number of anilines is 1. The van der Waals surface area contributed by atoms with Crippen molar-refractivity contribution >= 4 is 40.3 Å². The highest BCUT2D eigenvalue weighted by Gasteiger charge is 2.18. The van der Waals surface area contributed by atoms with Crippen LogP contribution in [-0.4, -0.2) is 22.0 Å². The van der Waals surface area contributed by atoms with Gasteiger partial charge in [0.1, 0.15) is 5.82 Å². The van der Waals surface area contributed by atoms with Crippen LogP contribution in [0.25, 0.3) is 22.0 Å². The monoisotopic (exact) mass is 358 g/mol. The van der Waals surface area contributed by atoms with Gasteiger partial charge in [0.15, 0.2) is 0 Å². The molecule has 0 radical (unpaired) electrons. The summed E-state index contributed by atoms with van der Waals surface area (Å²) < 4.78 is 0. The summed E-state index contributed by atoms with van der Waals surface area (Å²) in [5.41, 5.74) is 13.6. The van der Waals surface area contributed by atoms with Crippen molar-refractivity contribution in [2.75, 3.05) is 5.32 Å². The van der Waals surface area contributed by atoms with Gasteiger partial charge in [-0.2, -0.15) is 0 Å². The van der Waals surface area contributed by atoms with Crippen LogP contribution in [0.4, 0.5) is 10.6 Å². The first-order valence-electron chi connectivity index (χ1n) is 7.32. The molecular weight excluding hydrogens is 344 g/mol. The first-order valence-corrected chi connectivity index (χ1v) is 7.70. The number of H-pyrrole nitrogens is 1. The summed E-state index contributed by atoms with van der Waals surface area (Å²) in [4.78, 5) is 25.8. The molecule has 1 heterocycles. The highest BCUT2D eigenvalue weighted by atomic mass is 35.5. The van der Waals surface area contributed by atoms with Crippen molar-refractivity contribution < 1.29 is 14.7 Å². The van der Waals surface area contributed by atoms with Crippen LogP contribution in [0.5, 0.6) is 0 Å². The summed E-state index contributed by atoms with van der Waals surface area (Å²) in [6.45, 7) is -0.171. The van der Waals surface area contributed by atoms with Gasteiger partial charge >= 0.3 is 6.03 Å². The van der Waals surface area contributed by atoms with Crippen molar-refractivity contribution in [3.05, 3.63) is 52.5 Å². The quantitative estimate of drug-likeness (QED) is 0.490. The van der Waals surface area contributed by atoms with Gasteiger partial charge in [-0.25, -0.2) is 4.79 Å². The molecular formula is C17H15ClN4O3. The molecule has 0 atom stereocenters. The number of primary amides is 2. The number of halogens is 1. The summed E-state index contributed by atoms with van der Waals surface area (Å²) in [5, 5.41) is 12.8. The van der Waals surface area contributed by atoms with Crippen LogP contribution in [0.2, 0.25) is 5.02 Å². The van der Waals surface area contributed by atoms with Crippen molar-refractivity contribution in [1.29, 1.82) is 0 Å². The molecule has 0 saturated heterocycles. The lowest BCUT2D eigenvalue weighted by atomic mass is 10.0. The van der Waals surface area contributed by atoms with E-state index in [0.29, 0.717) is 21.5 Å². The minimum Gasteiger partial charge on any atom is -0.392 e. The van der Waals surface area contributed by atoms with Crippen LogP contribution in [0.15, 0.2) is 36.4 Å². The van der Waals surface area contributed by atoms with Crippen molar-refractivity contribution in [1.82, 2.24) is 4.98 Å². The minimum absolute atomic E-state index is 0.152. The summed E-state index contributed by atoms with van der Waals surface area (Å²) in [6, 6.07) is 9.84. The maximum Gasteiger partial charge on any atom is 0.317 e. The van der Waals surface area contributed by atoms with Crippen LogP contribution in [0.3, 0.4) is 0 Å². The van der Waals surface area contributed by atoms with Crippen molar-refractivity contribution in [3.63, 3.8) is 0 Å². The molecule has 7 N–H and O–H groups in total. The van der Waals surface area contributed by atoms with Gasteiger partial charge in [-0.05, 0) is 34.9 Å². The molecule has 0 aliphatic carbocycles. The molecule has 0 aliphatic rings. The molecule has 2 aromatic carbocycles. The Balaban J connectivity index is 2.14. The predicted octanol–water partition coefficient (Wildman–Crippen LogP) is 2.57. The van der Waals surface area contributed by atoms with Crippen molar-refractivity contribution in [3.8, 4) is 11.1 Å². The fraction of sp³-hybridized carbons (Fsp3) is 0.0588. The highest BCUT2D eigenvalue weighted by molar-refractivity contribution is 6.31. The van der Waals surface area contributed by atoms with Crippen LogP contribution in [0, 0.1) is 0 Å². The Morgan fingerprint density at radius 1 is 1.12 bits per heavy atom. The first-order chi connectivity index (χ1) is 11.9. The SMILES string of the molecule is NC(=O)Nc1[nH]c2cc(-c3ccc(Cl)c(CO)c3)ccc2c1C(N)=O. The average Bonchev–Trinajstić information content (AvgIpc) is 2.91. The number of urea groups is 1. The van der Waals surface area contributed by atoms with Crippen LogP contribution < -0.4 is 16.8 Å². The number of hydrogen-bond acceptors (Lipinski definition) is 3. The average molecular weight is 359 g/mol. The van der Waals surface area contributed by atoms with Crippen molar-refractivity contribution in [2.24, 2.45) is 11.5 Å². The molecule has 8 heteroatoms. The molecule has 0 fully saturated rings. The molecule has 0 aliphatic heterocycles. The van der Waals surface area contributed by atoms with Gasteiger partial charge in [-0.1, -0.05) is 29.8 Å². The molecule has 3 rings (SSSR count). The number of aliphatic hydroxyl groups excluding tert-OH is 1. The maximum absolute atomic E-state index is 11.7. The number of aromatic nitrogens is 1. The largest absolute Gasteiger partial charge is 0.392 e. The molecule has 0 bridgehead atoms. The third kappa shape index (κ3) is 3.15. The summed E-state index contributed by atoms with van der Waals surface area (Å²) in [5.74, 6) is -0.531. The number of nitrogens with one attached hydrogen (secondary N) is 2. The first kappa shape index (κ1) is 16.8. The van der Waals surface area contributed by atoms with E-state index in [1.807, 2.05) is 6.07 Å². The van der Waals surface area contributed by atoms with E-state index in [2.05, 4.69) is 10.3 Å². The number of rotatable bonds is 4. The zero-order valence-electron chi connectivity index (χ0n) is 13.0. The van der Waals surface area contributed by atoms with E-state index < -0.39 is 11.9 Å². The number of aromatic amines is 1. The number of carbonyl (C=O) groups is 2. The topological polar surface area (TPSA) is 134 Å².